The molecule has 0 radical (unpaired) electrons. The van der Waals surface area contributed by atoms with E-state index in [2.05, 4.69) is 20.2 Å². The van der Waals surface area contributed by atoms with Crippen molar-refractivity contribution in [1.82, 2.24) is 28.9 Å². The number of nitrogens with one attached hydrogen (secondary N) is 1. The molecule has 4 heterocycles. The largest absolute Gasteiger partial charge is 0.345 e. The van der Waals surface area contributed by atoms with Gasteiger partial charge in [0.15, 0.2) is 11.3 Å². The number of hydrogen-bond acceptors (Lipinski definition) is 5. The highest BCUT2D eigenvalue weighted by Crippen LogP contribution is 2.28. The number of aromatic amines is 1. The number of hydrogen-bond donors (Lipinski definition) is 2. The summed E-state index contributed by atoms with van der Waals surface area (Å²) in [7, 11) is -3.65. The van der Waals surface area contributed by atoms with Crippen LogP contribution in [0, 0.1) is 0 Å². The summed E-state index contributed by atoms with van der Waals surface area (Å²) in [6.07, 6.45) is 4.11. The Bertz CT molecular complexity index is 929. The molecule has 0 amide bonds. The van der Waals surface area contributed by atoms with Crippen molar-refractivity contribution in [2.24, 2.45) is 5.14 Å². The van der Waals surface area contributed by atoms with Gasteiger partial charge in [0.1, 0.15) is 5.82 Å². The molecule has 110 valence electrons. The van der Waals surface area contributed by atoms with Crippen LogP contribution in [0.15, 0.2) is 18.5 Å². The average Bonchev–Trinajstić information content (AvgIpc) is 3.15. The SMILES string of the molecule is NS(=O)(=O)N1CCC(c2nnc3cnc4[nH]ccc4n23)C1. The summed E-state index contributed by atoms with van der Waals surface area (Å²) in [5, 5.41) is 13.5. The molecule has 0 aromatic carbocycles. The van der Waals surface area contributed by atoms with E-state index in [0.717, 1.165) is 17.0 Å². The van der Waals surface area contributed by atoms with Crippen LogP contribution >= 0.6 is 0 Å². The highest BCUT2D eigenvalue weighted by Gasteiger charge is 2.33. The number of aromatic nitrogens is 5. The van der Waals surface area contributed by atoms with Gasteiger partial charge in [0.25, 0.3) is 10.2 Å². The minimum Gasteiger partial charge on any atom is -0.345 e. The van der Waals surface area contributed by atoms with E-state index in [9.17, 15) is 8.42 Å². The van der Waals surface area contributed by atoms with Gasteiger partial charge in [0, 0.05) is 25.2 Å². The van der Waals surface area contributed by atoms with Crippen LogP contribution in [0.2, 0.25) is 0 Å². The van der Waals surface area contributed by atoms with Gasteiger partial charge in [-0.15, -0.1) is 10.2 Å². The molecule has 1 aliphatic rings. The predicted molar refractivity (Wildman–Crippen MR) is 74.7 cm³/mol. The average molecular weight is 307 g/mol. The van der Waals surface area contributed by atoms with Gasteiger partial charge in [-0.3, -0.25) is 4.40 Å². The molecule has 0 saturated carbocycles. The Morgan fingerprint density at radius 2 is 2.24 bits per heavy atom. The van der Waals surface area contributed by atoms with Gasteiger partial charge in [-0.1, -0.05) is 0 Å². The molecule has 1 fully saturated rings. The van der Waals surface area contributed by atoms with Crippen molar-refractivity contribution in [2.45, 2.75) is 12.3 Å². The maximum atomic E-state index is 11.4. The van der Waals surface area contributed by atoms with Crippen LogP contribution in [0.5, 0.6) is 0 Å². The highest BCUT2D eigenvalue weighted by atomic mass is 32.2. The predicted octanol–water partition coefficient (Wildman–Crippen LogP) is -0.402. The topological polar surface area (TPSA) is 122 Å². The Morgan fingerprint density at radius 1 is 1.38 bits per heavy atom. The molecule has 0 bridgehead atoms. The Kier molecular flexibility index (Phi) is 2.55. The lowest BCUT2D eigenvalue weighted by Gasteiger charge is -2.12. The summed E-state index contributed by atoms with van der Waals surface area (Å²) in [6.45, 7) is 0.730. The van der Waals surface area contributed by atoms with Crippen LogP contribution < -0.4 is 5.14 Å². The van der Waals surface area contributed by atoms with Crippen LogP contribution in [-0.2, 0) is 10.2 Å². The van der Waals surface area contributed by atoms with Crippen molar-refractivity contribution >= 4 is 27.0 Å². The molecule has 9 nitrogen and oxygen atoms in total. The molecule has 3 N–H and O–H groups in total. The van der Waals surface area contributed by atoms with E-state index in [-0.39, 0.29) is 5.92 Å². The van der Waals surface area contributed by atoms with Gasteiger partial charge < -0.3 is 4.98 Å². The lowest BCUT2D eigenvalue weighted by Crippen LogP contribution is -2.34. The van der Waals surface area contributed by atoms with E-state index in [4.69, 9.17) is 5.14 Å². The Balaban J connectivity index is 1.83. The quantitative estimate of drug-likeness (QED) is 0.667. The summed E-state index contributed by atoms with van der Waals surface area (Å²) in [6, 6.07) is 1.90. The Morgan fingerprint density at radius 3 is 3.00 bits per heavy atom. The van der Waals surface area contributed by atoms with Gasteiger partial charge in [-0.25, -0.2) is 10.1 Å². The highest BCUT2D eigenvalue weighted by molar-refractivity contribution is 7.86. The van der Waals surface area contributed by atoms with E-state index < -0.39 is 10.2 Å². The molecule has 10 heteroatoms. The van der Waals surface area contributed by atoms with Crippen molar-refractivity contribution in [3.63, 3.8) is 0 Å². The zero-order valence-corrected chi connectivity index (χ0v) is 11.8. The first-order chi connectivity index (χ1) is 10.0. The third kappa shape index (κ3) is 1.91. The molecule has 3 aromatic rings. The molecule has 4 rings (SSSR count). The van der Waals surface area contributed by atoms with Crippen LogP contribution in [0.1, 0.15) is 18.2 Å². The summed E-state index contributed by atoms with van der Waals surface area (Å²) in [5.41, 5.74) is 2.26. The van der Waals surface area contributed by atoms with Gasteiger partial charge in [0.05, 0.1) is 11.7 Å². The van der Waals surface area contributed by atoms with Gasteiger partial charge >= 0.3 is 0 Å². The first-order valence-electron chi connectivity index (χ1n) is 6.49. The second kappa shape index (κ2) is 4.23. The van der Waals surface area contributed by atoms with Crippen molar-refractivity contribution in [1.29, 1.82) is 0 Å². The summed E-state index contributed by atoms with van der Waals surface area (Å²) in [5.74, 6) is 0.710. The number of nitrogens with two attached hydrogens (primary N) is 1. The molecule has 0 spiro atoms. The number of fused-ring (bicyclic) bond motifs is 3. The van der Waals surface area contributed by atoms with Crippen LogP contribution in [0.25, 0.3) is 16.8 Å². The molecule has 0 aliphatic carbocycles. The Hall–Kier alpha value is -2.04. The summed E-state index contributed by atoms with van der Waals surface area (Å²) >= 11 is 0. The van der Waals surface area contributed by atoms with Crippen molar-refractivity contribution in [3.8, 4) is 0 Å². The lowest BCUT2D eigenvalue weighted by molar-refractivity contribution is 0.472. The smallest absolute Gasteiger partial charge is 0.276 e. The third-order valence-electron chi connectivity index (χ3n) is 3.84. The fourth-order valence-corrected chi connectivity index (χ4v) is 3.58. The van der Waals surface area contributed by atoms with E-state index in [1.165, 1.54) is 4.31 Å². The molecule has 1 atom stereocenters. The fraction of sp³-hybridized carbons (Fsp3) is 0.364. The van der Waals surface area contributed by atoms with Crippen molar-refractivity contribution < 1.29 is 8.42 Å². The van der Waals surface area contributed by atoms with Crippen molar-refractivity contribution in [2.75, 3.05) is 13.1 Å². The first-order valence-corrected chi connectivity index (χ1v) is 7.99. The first kappa shape index (κ1) is 12.7. The number of nitrogens with zero attached hydrogens (tertiary/aromatic N) is 5. The van der Waals surface area contributed by atoms with E-state index >= 15 is 0 Å². The van der Waals surface area contributed by atoms with Gasteiger partial charge in [-0.2, -0.15) is 12.7 Å². The summed E-state index contributed by atoms with van der Waals surface area (Å²) < 4.78 is 26.0. The molecule has 21 heavy (non-hydrogen) atoms. The zero-order chi connectivity index (χ0) is 14.6. The van der Waals surface area contributed by atoms with Gasteiger partial charge in [0.2, 0.25) is 0 Å². The van der Waals surface area contributed by atoms with Crippen LogP contribution in [0.4, 0.5) is 0 Å². The Labute approximate surface area is 120 Å². The molecule has 1 unspecified atom stereocenters. The van der Waals surface area contributed by atoms with E-state index in [0.29, 0.717) is 25.2 Å². The van der Waals surface area contributed by atoms with E-state index in [1.807, 2.05) is 10.5 Å². The van der Waals surface area contributed by atoms with Gasteiger partial charge in [-0.05, 0) is 12.5 Å². The normalized spacial score (nSPS) is 20.7. The molecular formula is C11H13N7O2S. The zero-order valence-electron chi connectivity index (χ0n) is 11.0. The maximum Gasteiger partial charge on any atom is 0.276 e. The molecule has 1 aliphatic heterocycles. The lowest BCUT2D eigenvalue weighted by atomic mass is 10.1. The van der Waals surface area contributed by atoms with Crippen LogP contribution in [-0.4, -0.2) is 50.4 Å². The van der Waals surface area contributed by atoms with E-state index in [1.54, 1.807) is 12.4 Å². The van der Waals surface area contributed by atoms with Crippen molar-refractivity contribution in [3.05, 3.63) is 24.3 Å². The monoisotopic (exact) mass is 307 g/mol. The molecular weight excluding hydrogens is 294 g/mol. The third-order valence-corrected chi connectivity index (χ3v) is 4.89. The minimum absolute atomic E-state index is 0.0289. The second-order valence-corrected chi connectivity index (χ2v) is 6.66. The second-order valence-electron chi connectivity index (χ2n) is 5.11. The summed E-state index contributed by atoms with van der Waals surface area (Å²) in [4.78, 5) is 7.30. The molecule has 3 aromatic heterocycles. The standard InChI is InChI=1S/C11H13N7O2S/c12-21(19,20)17-4-2-7(6-17)11-16-15-9-5-14-10-8(18(9)11)1-3-13-10/h1,3,5,7,13H,2,4,6H2,(H2,12,19,20). The minimum atomic E-state index is -3.65. The fourth-order valence-electron chi connectivity index (χ4n) is 2.83. The maximum absolute atomic E-state index is 11.4. The number of H-pyrrole nitrogens is 1. The number of rotatable bonds is 2. The molecule has 1 saturated heterocycles. The van der Waals surface area contributed by atoms with Crippen LogP contribution in [0.3, 0.4) is 0 Å².